The van der Waals surface area contributed by atoms with E-state index in [0.29, 0.717) is 25.3 Å². The Morgan fingerprint density at radius 3 is 2.71 bits per heavy atom. The Bertz CT molecular complexity index is 619. The second kappa shape index (κ2) is 6.08. The smallest absolute Gasteiger partial charge is 0.252 e. The first-order chi connectivity index (χ1) is 10.1. The van der Waals surface area contributed by atoms with Gasteiger partial charge in [0.15, 0.2) is 0 Å². The monoisotopic (exact) mass is 327 g/mol. The van der Waals surface area contributed by atoms with Crippen LogP contribution < -0.4 is 5.32 Å². The molecule has 6 heteroatoms. The van der Waals surface area contributed by atoms with Crippen molar-refractivity contribution in [1.29, 1.82) is 0 Å². The maximum absolute atomic E-state index is 12.3. The summed E-state index contributed by atoms with van der Waals surface area (Å²) in [7, 11) is -2.82. The summed E-state index contributed by atoms with van der Waals surface area (Å²) >= 11 is 1.70. The van der Waals surface area contributed by atoms with Crippen molar-refractivity contribution in [1.82, 2.24) is 5.32 Å². The number of fused-ring (bicyclic) bond motifs is 1. The summed E-state index contributed by atoms with van der Waals surface area (Å²) < 4.78 is 22.8. The SMILES string of the molecule is O=C(NCC1CCS(=O)(=O)CC1)c1csc2c1CCCC2. The van der Waals surface area contributed by atoms with E-state index >= 15 is 0 Å². The molecule has 1 aromatic heterocycles. The second-order valence-electron chi connectivity index (χ2n) is 6.06. The molecule has 1 amide bonds. The van der Waals surface area contributed by atoms with Crippen molar-refractivity contribution in [3.05, 3.63) is 21.4 Å². The quantitative estimate of drug-likeness (QED) is 0.925. The zero-order valence-electron chi connectivity index (χ0n) is 12.1. The van der Waals surface area contributed by atoms with Gasteiger partial charge in [-0.1, -0.05) is 0 Å². The third kappa shape index (κ3) is 3.48. The molecule has 1 aliphatic heterocycles. The minimum atomic E-state index is -2.82. The number of hydrogen-bond acceptors (Lipinski definition) is 4. The molecule has 2 heterocycles. The molecule has 1 aromatic rings. The number of amides is 1. The maximum atomic E-state index is 12.3. The van der Waals surface area contributed by atoms with Gasteiger partial charge >= 0.3 is 0 Å². The molecule has 2 aliphatic rings. The summed E-state index contributed by atoms with van der Waals surface area (Å²) in [6.07, 6.45) is 5.86. The predicted molar refractivity (Wildman–Crippen MR) is 84.7 cm³/mol. The first kappa shape index (κ1) is 15.0. The Morgan fingerprint density at radius 1 is 1.24 bits per heavy atom. The zero-order valence-corrected chi connectivity index (χ0v) is 13.7. The molecule has 0 atom stereocenters. The van der Waals surface area contributed by atoms with Crippen LogP contribution in [0.5, 0.6) is 0 Å². The summed E-state index contributed by atoms with van der Waals surface area (Å²) in [6.45, 7) is 0.596. The van der Waals surface area contributed by atoms with Crippen LogP contribution in [-0.4, -0.2) is 32.4 Å². The fourth-order valence-electron chi connectivity index (χ4n) is 3.16. The van der Waals surface area contributed by atoms with Crippen LogP contribution in [0.2, 0.25) is 0 Å². The minimum absolute atomic E-state index is 0.0165. The Hall–Kier alpha value is -0.880. The standard InChI is InChI=1S/C15H21NO3S2/c17-15(13-10-20-14-4-2-1-3-12(13)14)16-9-11-5-7-21(18,19)8-6-11/h10-11H,1-9H2,(H,16,17). The molecule has 1 saturated heterocycles. The molecule has 4 nitrogen and oxygen atoms in total. The van der Waals surface area contributed by atoms with Crippen LogP contribution in [0.4, 0.5) is 0 Å². The molecule has 116 valence electrons. The van der Waals surface area contributed by atoms with E-state index in [-0.39, 0.29) is 17.4 Å². The fraction of sp³-hybridized carbons (Fsp3) is 0.667. The predicted octanol–water partition coefficient (Wildman–Crippen LogP) is 2.18. The van der Waals surface area contributed by atoms with Gasteiger partial charge in [-0.2, -0.15) is 0 Å². The molecular weight excluding hydrogens is 306 g/mol. The summed E-state index contributed by atoms with van der Waals surface area (Å²) in [4.78, 5) is 13.7. The van der Waals surface area contributed by atoms with Gasteiger partial charge < -0.3 is 5.32 Å². The van der Waals surface area contributed by atoms with Crippen LogP contribution in [0.3, 0.4) is 0 Å². The van der Waals surface area contributed by atoms with Crippen LogP contribution in [-0.2, 0) is 22.7 Å². The number of carbonyl (C=O) groups is 1. The lowest BCUT2D eigenvalue weighted by Gasteiger charge is -2.22. The third-order valence-electron chi connectivity index (χ3n) is 4.53. The Labute approximate surface area is 129 Å². The van der Waals surface area contributed by atoms with Gasteiger partial charge in [0.05, 0.1) is 17.1 Å². The van der Waals surface area contributed by atoms with Crippen LogP contribution >= 0.6 is 11.3 Å². The molecule has 0 saturated carbocycles. The van der Waals surface area contributed by atoms with Crippen molar-refractivity contribution in [3.8, 4) is 0 Å². The van der Waals surface area contributed by atoms with Crippen molar-refractivity contribution >= 4 is 27.1 Å². The van der Waals surface area contributed by atoms with Crippen molar-refractivity contribution in [2.75, 3.05) is 18.1 Å². The van der Waals surface area contributed by atoms with Gasteiger partial charge in [0.2, 0.25) is 0 Å². The number of carbonyl (C=O) groups excluding carboxylic acids is 1. The van der Waals surface area contributed by atoms with E-state index in [4.69, 9.17) is 0 Å². The van der Waals surface area contributed by atoms with E-state index in [9.17, 15) is 13.2 Å². The molecule has 21 heavy (non-hydrogen) atoms. The van der Waals surface area contributed by atoms with Gasteiger partial charge in [-0.05, 0) is 50.0 Å². The molecule has 0 radical (unpaired) electrons. The highest BCUT2D eigenvalue weighted by Crippen LogP contribution is 2.30. The van der Waals surface area contributed by atoms with Crippen molar-refractivity contribution in [2.45, 2.75) is 38.5 Å². The van der Waals surface area contributed by atoms with Crippen LogP contribution in [0, 0.1) is 5.92 Å². The number of hydrogen-bond donors (Lipinski definition) is 1. The molecule has 0 bridgehead atoms. The molecule has 1 N–H and O–H groups in total. The number of nitrogens with one attached hydrogen (secondary N) is 1. The first-order valence-electron chi connectivity index (χ1n) is 7.63. The normalized spacial score (nSPS) is 21.7. The highest BCUT2D eigenvalue weighted by atomic mass is 32.2. The van der Waals surface area contributed by atoms with Crippen molar-refractivity contribution in [3.63, 3.8) is 0 Å². The Balaban J connectivity index is 1.56. The lowest BCUT2D eigenvalue weighted by atomic mass is 9.95. The lowest BCUT2D eigenvalue weighted by molar-refractivity contribution is 0.0945. The van der Waals surface area contributed by atoms with Gasteiger partial charge in [-0.25, -0.2) is 8.42 Å². The van der Waals surface area contributed by atoms with Crippen LogP contribution in [0.1, 0.15) is 46.5 Å². The highest BCUT2D eigenvalue weighted by Gasteiger charge is 2.25. The summed E-state index contributed by atoms with van der Waals surface area (Å²) in [5.41, 5.74) is 2.09. The van der Waals surface area contributed by atoms with Crippen molar-refractivity contribution in [2.24, 2.45) is 5.92 Å². The van der Waals surface area contributed by atoms with Gasteiger partial charge in [-0.3, -0.25) is 4.79 Å². The highest BCUT2D eigenvalue weighted by molar-refractivity contribution is 7.91. The van der Waals surface area contributed by atoms with Crippen molar-refractivity contribution < 1.29 is 13.2 Å². The topological polar surface area (TPSA) is 63.2 Å². The average Bonchev–Trinajstić information content (AvgIpc) is 2.90. The van der Waals surface area contributed by atoms with Crippen LogP contribution in [0.25, 0.3) is 0 Å². The second-order valence-corrected chi connectivity index (χ2v) is 9.33. The Morgan fingerprint density at radius 2 is 1.95 bits per heavy atom. The first-order valence-corrected chi connectivity index (χ1v) is 10.3. The van der Waals surface area contributed by atoms with E-state index in [1.165, 1.54) is 23.3 Å². The minimum Gasteiger partial charge on any atom is -0.352 e. The van der Waals surface area contributed by atoms with Gasteiger partial charge in [-0.15, -0.1) is 11.3 Å². The van der Waals surface area contributed by atoms with E-state index < -0.39 is 9.84 Å². The maximum Gasteiger partial charge on any atom is 0.252 e. The summed E-state index contributed by atoms with van der Waals surface area (Å²) in [5.74, 6) is 0.845. The molecule has 3 rings (SSSR count). The molecule has 1 fully saturated rings. The van der Waals surface area contributed by atoms with E-state index in [1.807, 2.05) is 5.38 Å². The number of sulfone groups is 1. The third-order valence-corrected chi connectivity index (χ3v) is 7.34. The molecular formula is C15H21NO3S2. The van der Waals surface area contributed by atoms with Gasteiger partial charge in [0.25, 0.3) is 5.91 Å². The van der Waals surface area contributed by atoms with E-state index in [2.05, 4.69) is 5.32 Å². The van der Waals surface area contributed by atoms with E-state index in [1.54, 1.807) is 11.3 Å². The Kier molecular flexibility index (Phi) is 4.36. The lowest BCUT2D eigenvalue weighted by Crippen LogP contribution is -2.34. The summed E-state index contributed by atoms with van der Waals surface area (Å²) in [5, 5.41) is 4.99. The fourth-order valence-corrected chi connectivity index (χ4v) is 5.87. The largest absolute Gasteiger partial charge is 0.352 e. The molecule has 0 spiro atoms. The molecule has 0 unspecified atom stereocenters. The average molecular weight is 327 g/mol. The molecule has 0 aromatic carbocycles. The number of thiophene rings is 1. The molecule has 1 aliphatic carbocycles. The van der Waals surface area contributed by atoms with E-state index in [0.717, 1.165) is 18.4 Å². The number of aryl methyl sites for hydroxylation is 1. The van der Waals surface area contributed by atoms with Gasteiger partial charge in [0.1, 0.15) is 9.84 Å². The summed E-state index contributed by atoms with van der Waals surface area (Å²) in [6, 6.07) is 0. The van der Waals surface area contributed by atoms with Crippen LogP contribution in [0.15, 0.2) is 5.38 Å². The zero-order chi connectivity index (χ0) is 14.9. The number of rotatable bonds is 3. The van der Waals surface area contributed by atoms with Gasteiger partial charge in [0, 0.05) is 16.8 Å².